The van der Waals surface area contributed by atoms with Gasteiger partial charge in [-0.2, -0.15) is 5.10 Å². The molecular formula is C21H20N6O3. The Bertz CT molecular complexity index is 1200. The minimum atomic E-state index is -0.906. The molecule has 0 saturated heterocycles. The van der Waals surface area contributed by atoms with Crippen molar-refractivity contribution in [1.29, 1.82) is 0 Å². The van der Waals surface area contributed by atoms with Crippen LogP contribution in [0.5, 0.6) is 11.5 Å². The number of nitrogens with zero attached hydrogens (tertiary/aromatic N) is 5. The number of anilines is 1. The summed E-state index contributed by atoms with van der Waals surface area (Å²) in [5.41, 5.74) is 7.00. The Morgan fingerprint density at radius 1 is 1.07 bits per heavy atom. The maximum atomic E-state index is 11.1. The van der Waals surface area contributed by atoms with Gasteiger partial charge in [-0.3, -0.25) is 10.1 Å². The second-order valence-electron chi connectivity index (χ2n) is 7.46. The SMILES string of the molecule is CC(C)(C[N+](=O)[O-])n1nc(-c2ccc(Oc3ccccc3)cc2)c2c(N)ncnc21. The van der Waals surface area contributed by atoms with E-state index < -0.39 is 5.54 Å². The third-order valence-electron chi connectivity index (χ3n) is 4.69. The summed E-state index contributed by atoms with van der Waals surface area (Å²) in [6, 6.07) is 16.8. The van der Waals surface area contributed by atoms with Gasteiger partial charge in [-0.15, -0.1) is 0 Å². The summed E-state index contributed by atoms with van der Waals surface area (Å²) in [4.78, 5) is 19.2. The molecule has 9 heteroatoms. The Labute approximate surface area is 172 Å². The van der Waals surface area contributed by atoms with Crippen LogP contribution in [0, 0.1) is 10.1 Å². The molecule has 0 aliphatic rings. The number of aromatic nitrogens is 4. The summed E-state index contributed by atoms with van der Waals surface area (Å²) in [7, 11) is 0. The molecule has 152 valence electrons. The number of nitrogens with two attached hydrogens (primary N) is 1. The lowest BCUT2D eigenvalue weighted by molar-refractivity contribution is -0.493. The quantitative estimate of drug-likeness (QED) is 0.382. The predicted molar refractivity (Wildman–Crippen MR) is 113 cm³/mol. The molecule has 0 aliphatic heterocycles. The molecule has 2 N–H and O–H groups in total. The minimum absolute atomic E-state index is 0.266. The lowest BCUT2D eigenvalue weighted by atomic mass is 10.1. The lowest BCUT2D eigenvalue weighted by Gasteiger charge is -2.20. The van der Waals surface area contributed by atoms with E-state index in [0.29, 0.717) is 22.5 Å². The van der Waals surface area contributed by atoms with Crippen molar-refractivity contribution in [3.63, 3.8) is 0 Å². The van der Waals surface area contributed by atoms with Crippen molar-refractivity contribution < 1.29 is 9.66 Å². The number of nitro groups is 1. The van der Waals surface area contributed by atoms with E-state index in [4.69, 9.17) is 10.5 Å². The number of hydrogen-bond acceptors (Lipinski definition) is 7. The summed E-state index contributed by atoms with van der Waals surface area (Å²) < 4.78 is 7.38. The molecule has 0 bridgehead atoms. The Morgan fingerprint density at radius 3 is 2.40 bits per heavy atom. The zero-order chi connectivity index (χ0) is 21.3. The number of benzene rings is 2. The first kappa shape index (κ1) is 19.3. The van der Waals surface area contributed by atoms with Crippen LogP contribution in [0.25, 0.3) is 22.3 Å². The molecule has 9 nitrogen and oxygen atoms in total. The number of para-hydroxylation sites is 1. The molecule has 0 atom stereocenters. The van der Waals surface area contributed by atoms with Gasteiger partial charge in [0.05, 0.1) is 5.39 Å². The summed E-state index contributed by atoms with van der Waals surface area (Å²) in [6.07, 6.45) is 1.33. The molecule has 4 aromatic rings. The van der Waals surface area contributed by atoms with Crippen LogP contribution in [0.1, 0.15) is 13.8 Å². The maximum Gasteiger partial charge on any atom is 0.228 e. The van der Waals surface area contributed by atoms with Crippen molar-refractivity contribution in [2.45, 2.75) is 19.4 Å². The first-order valence-electron chi connectivity index (χ1n) is 9.30. The van der Waals surface area contributed by atoms with Crippen molar-refractivity contribution in [2.24, 2.45) is 0 Å². The first-order chi connectivity index (χ1) is 14.3. The van der Waals surface area contributed by atoms with Gasteiger partial charge in [0.25, 0.3) is 0 Å². The molecule has 2 aromatic heterocycles. The van der Waals surface area contributed by atoms with E-state index in [2.05, 4.69) is 15.1 Å². The van der Waals surface area contributed by atoms with Crippen LogP contribution in [0.3, 0.4) is 0 Å². The third-order valence-corrected chi connectivity index (χ3v) is 4.69. The molecule has 2 heterocycles. The average Bonchev–Trinajstić information content (AvgIpc) is 3.10. The Kier molecular flexibility index (Phi) is 4.78. The summed E-state index contributed by atoms with van der Waals surface area (Å²) >= 11 is 0. The van der Waals surface area contributed by atoms with Gasteiger partial charge in [0.15, 0.2) is 5.65 Å². The molecule has 0 fully saturated rings. The zero-order valence-electron chi connectivity index (χ0n) is 16.5. The zero-order valence-corrected chi connectivity index (χ0v) is 16.5. The molecule has 2 aromatic carbocycles. The maximum absolute atomic E-state index is 11.1. The van der Waals surface area contributed by atoms with Crippen molar-refractivity contribution in [3.8, 4) is 22.8 Å². The van der Waals surface area contributed by atoms with Crippen molar-refractivity contribution in [1.82, 2.24) is 19.7 Å². The highest BCUT2D eigenvalue weighted by molar-refractivity contribution is 5.98. The fourth-order valence-corrected chi connectivity index (χ4v) is 3.29. The molecule has 4 rings (SSSR count). The average molecular weight is 404 g/mol. The fraction of sp³-hybridized carbons (Fsp3) is 0.190. The second-order valence-corrected chi connectivity index (χ2v) is 7.46. The monoisotopic (exact) mass is 404 g/mol. The highest BCUT2D eigenvalue weighted by Crippen LogP contribution is 2.34. The van der Waals surface area contributed by atoms with E-state index in [-0.39, 0.29) is 17.3 Å². The molecule has 0 unspecified atom stereocenters. The Balaban J connectivity index is 1.76. The van der Waals surface area contributed by atoms with Crippen molar-refractivity contribution >= 4 is 16.9 Å². The largest absolute Gasteiger partial charge is 0.457 e. The van der Waals surface area contributed by atoms with Gasteiger partial charge >= 0.3 is 0 Å². The van der Waals surface area contributed by atoms with Crippen LogP contribution >= 0.6 is 0 Å². The Morgan fingerprint density at radius 2 is 1.73 bits per heavy atom. The van der Waals surface area contributed by atoms with Gasteiger partial charge in [0.1, 0.15) is 34.9 Å². The molecule has 0 amide bonds. The first-order valence-corrected chi connectivity index (χ1v) is 9.30. The molecule has 0 aliphatic carbocycles. The number of fused-ring (bicyclic) bond motifs is 1. The topological polar surface area (TPSA) is 122 Å². The van der Waals surface area contributed by atoms with Crippen LogP contribution in [-0.4, -0.2) is 31.2 Å². The lowest BCUT2D eigenvalue weighted by Crippen LogP contribution is -2.35. The van der Waals surface area contributed by atoms with E-state index in [9.17, 15) is 10.1 Å². The van der Waals surface area contributed by atoms with Gasteiger partial charge in [-0.05, 0) is 50.2 Å². The van der Waals surface area contributed by atoms with Gasteiger partial charge < -0.3 is 10.5 Å². The van der Waals surface area contributed by atoms with E-state index in [1.165, 1.54) is 6.33 Å². The summed E-state index contributed by atoms with van der Waals surface area (Å²) in [6.45, 7) is 3.17. The number of hydrogen-bond donors (Lipinski definition) is 1. The normalized spacial score (nSPS) is 11.5. The highest BCUT2D eigenvalue weighted by Gasteiger charge is 2.32. The smallest absolute Gasteiger partial charge is 0.228 e. The van der Waals surface area contributed by atoms with Crippen LogP contribution in [0.2, 0.25) is 0 Å². The molecule has 0 spiro atoms. The van der Waals surface area contributed by atoms with Gasteiger partial charge in [-0.1, -0.05) is 18.2 Å². The summed E-state index contributed by atoms with van der Waals surface area (Å²) in [5, 5.41) is 16.4. The van der Waals surface area contributed by atoms with Gasteiger partial charge in [-0.25, -0.2) is 14.6 Å². The van der Waals surface area contributed by atoms with Crippen molar-refractivity contribution in [2.75, 3.05) is 12.3 Å². The van der Waals surface area contributed by atoms with Crippen LogP contribution in [0.15, 0.2) is 60.9 Å². The minimum Gasteiger partial charge on any atom is -0.457 e. The second kappa shape index (κ2) is 7.43. The number of ether oxygens (including phenoxy) is 1. The molecule has 30 heavy (non-hydrogen) atoms. The van der Waals surface area contributed by atoms with E-state index in [0.717, 1.165) is 11.3 Å². The molecular weight excluding hydrogens is 384 g/mol. The molecule has 0 saturated carbocycles. The number of rotatable bonds is 6. The van der Waals surface area contributed by atoms with Crippen LogP contribution in [-0.2, 0) is 5.54 Å². The van der Waals surface area contributed by atoms with Gasteiger partial charge in [0.2, 0.25) is 6.54 Å². The van der Waals surface area contributed by atoms with Crippen LogP contribution < -0.4 is 10.5 Å². The van der Waals surface area contributed by atoms with E-state index in [1.807, 2.05) is 54.6 Å². The van der Waals surface area contributed by atoms with E-state index >= 15 is 0 Å². The molecule has 0 radical (unpaired) electrons. The summed E-state index contributed by atoms with van der Waals surface area (Å²) in [5.74, 6) is 1.67. The standard InChI is InChI=1S/C21H20N6O3/c1-21(2,12-26(28)29)27-20-17(19(22)23-13-24-20)18(25-27)14-8-10-16(11-9-14)30-15-6-4-3-5-7-15/h3-11,13H,12H2,1-2H3,(H2,22,23,24). The predicted octanol–water partition coefficient (Wildman–Crippen LogP) is 3.88. The highest BCUT2D eigenvalue weighted by atomic mass is 16.6. The number of nitrogen functional groups attached to an aromatic ring is 1. The van der Waals surface area contributed by atoms with E-state index in [1.54, 1.807) is 18.5 Å². The van der Waals surface area contributed by atoms with Gasteiger partial charge in [0, 0.05) is 10.5 Å². The van der Waals surface area contributed by atoms with Crippen LogP contribution in [0.4, 0.5) is 5.82 Å². The Hall–Kier alpha value is -4.01. The fourth-order valence-electron chi connectivity index (χ4n) is 3.29. The van der Waals surface area contributed by atoms with Crippen molar-refractivity contribution in [3.05, 3.63) is 71.0 Å². The third kappa shape index (κ3) is 3.64.